The van der Waals surface area contributed by atoms with Gasteiger partial charge in [0.1, 0.15) is 5.78 Å². The van der Waals surface area contributed by atoms with E-state index in [2.05, 4.69) is 23.8 Å². The van der Waals surface area contributed by atoms with Gasteiger partial charge < -0.3 is 4.90 Å². The first-order valence-corrected chi connectivity index (χ1v) is 9.23. The quantitative estimate of drug-likeness (QED) is 0.825. The van der Waals surface area contributed by atoms with Crippen molar-refractivity contribution in [1.82, 2.24) is 14.9 Å². The predicted octanol–water partition coefficient (Wildman–Crippen LogP) is 3.61. The largest absolute Gasteiger partial charge is 0.338 e. The highest BCUT2D eigenvalue weighted by molar-refractivity contribution is 5.94. The minimum atomic E-state index is -0.0442. The fraction of sp³-hybridized carbons (Fsp3) is 0.429. The molecule has 1 amide bonds. The molecular weight excluding hydrogens is 326 g/mol. The van der Waals surface area contributed by atoms with E-state index in [1.165, 1.54) is 0 Å². The number of nitrogens with zero attached hydrogens (tertiary/aromatic N) is 3. The Morgan fingerprint density at radius 2 is 2.08 bits per heavy atom. The van der Waals surface area contributed by atoms with E-state index in [1.54, 1.807) is 29.6 Å². The SMILES string of the molecule is CC(C)CC(=O)[C@H]1CCCN(C(=O)c2ccc(-c3cccnc3)nc2)C1. The molecule has 1 saturated heterocycles. The molecule has 1 aliphatic rings. The van der Waals surface area contributed by atoms with E-state index < -0.39 is 0 Å². The lowest BCUT2D eigenvalue weighted by molar-refractivity contribution is -0.124. The number of amides is 1. The van der Waals surface area contributed by atoms with Gasteiger partial charge in [0.15, 0.2) is 0 Å². The number of hydrogen-bond donors (Lipinski definition) is 0. The fourth-order valence-electron chi connectivity index (χ4n) is 3.38. The predicted molar refractivity (Wildman–Crippen MR) is 101 cm³/mol. The lowest BCUT2D eigenvalue weighted by Gasteiger charge is -2.32. The van der Waals surface area contributed by atoms with Crippen molar-refractivity contribution in [1.29, 1.82) is 0 Å². The Labute approximate surface area is 154 Å². The first-order valence-electron chi connectivity index (χ1n) is 9.23. The van der Waals surface area contributed by atoms with Crippen molar-refractivity contribution in [3.8, 4) is 11.3 Å². The van der Waals surface area contributed by atoms with Crippen LogP contribution in [-0.2, 0) is 4.79 Å². The number of aromatic nitrogens is 2. The maximum Gasteiger partial charge on any atom is 0.255 e. The molecule has 0 spiro atoms. The number of carbonyl (C=O) groups is 2. The summed E-state index contributed by atoms with van der Waals surface area (Å²) in [6.07, 6.45) is 7.43. The van der Waals surface area contributed by atoms with Crippen LogP contribution in [0.1, 0.15) is 43.5 Å². The monoisotopic (exact) mass is 351 g/mol. The van der Waals surface area contributed by atoms with Crippen molar-refractivity contribution in [2.45, 2.75) is 33.1 Å². The van der Waals surface area contributed by atoms with Crippen molar-refractivity contribution in [2.24, 2.45) is 11.8 Å². The number of Topliss-reactive ketones (excluding diaryl/α,β-unsaturated/α-hetero) is 1. The van der Waals surface area contributed by atoms with Crippen LogP contribution in [-0.4, -0.2) is 39.6 Å². The Morgan fingerprint density at radius 1 is 1.23 bits per heavy atom. The minimum absolute atomic E-state index is 0.0299. The van der Waals surface area contributed by atoms with E-state index in [0.717, 1.165) is 24.1 Å². The van der Waals surface area contributed by atoms with Crippen molar-refractivity contribution < 1.29 is 9.59 Å². The van der Waals surface area contributed by atoms with Gasteiger partial charge in [-0.15, -0.1) is 0 Å². The van der Waals surface area contributed by atoms with Crippen molar-refractivity contribution in [2.75, 3.05) is 13.1 Å². The fourth-order valence-corrected chi connectivity index (χ4v) is 3.38. The van der Waals surface area contributed by atoms with Crippen LogP contribution in [0.2, 0.25) is 0 Å². The van der Waals surface area contributed by atoms with Crippen LogP contribution in [0.4, 0.5) is 0 Å². The third-order valence-corrected chi connectivity index (χ3v) is 4.74. The number of rotatable bonds is 5. The molecule has 3 heterocycles. The highest BCUT2D eigenvalue weighted by Gasteiger charge is 2.29. The summed E-state index contributed by atoms with van der Waals surface area (Å²) in [7, 11) is 0. The Kier molecular flexibility index (Phi) is 5.76. The number of ketones is 1. The van der Waals surface area contributed by atoms with Crippen molar-refractivity contribution in [3.05, 3.63) is 48.4 Å². The zero-order valence-electron chi connectivity index (χ0n) is 15.4. The van der Waals surface area contributed by atoms with Gasteiger partial charge in [0.2, 0.25) is 0 Å². The topological polar surface area (TPSA) is 63.2 Å². The Balaban J connectivity index is 1.68. The molecule has 1 aliphatic heterocycles. The summed E-state index contributed by atoms with van der Waals surface area (Å²) in [5.74, 6) is 0.565. The first-order chi connectivity index (χ1) is 12.5. The third-order valence-electron chi connectivity index (χ3n) is 4.74. The summed E-state index contributed by atoms with van der Waals surface area (Å²) in [5.41, 5.74) is 2.27. The zero-order chi connectivity index (χ0) is 18.5. The van der Waals surface area contributed by atoms with E-state index in [-0.39, 0.29) is 17.6 Å². The zero-order valence-corrected chi connectivity index (χ0v) is 15.4. The molecule has 1 fully saturated rings. The molecule has 0 saturated carbocycles. The molecule has 2 aromatic rings. The van der Waals surface area contributed by atoms with Crippen LogP contribution >= 0.6 is 0 Å². The summed E-state index contributed by atoms with van der Waals surface area (Å²) in [6, 6.07) is 7.44. The lowest BCUT2D eigenvalue weighted by Crippen LogP contribution is -2.42. The number of hydrogen-bond acceptors (Lipinski definition) is 4. The Bertz CT molecular complexity index is 757. The summed E-state index contributed by atoms with van der Waals surface area (Å²) in [5, 5.41) is 0. The van der Waals surface area contributed by atoms with Crippen LogP contribution < -0.4 is 0 Å². The molecule has 0 bridgehead atoms. The average molecular weight is 351 g/mol. The maximum atomic E-state index is 12.8. The number of likely N-dealkylation sites (tertiary alicyclic amines) is 1. The normalized spacial score (nSPS) is 17.3. The van der Waals surface area contributed by atoms with Crippen LogP contribution in [0, 0.1) is 11.8 Å². The summed E-state index contributed by atoms with van der Waals surface area (Å²) in [6.45, 7) is 5.33. The second-order valence-corrected chi connectivity index (χ2v) is 7.33. The van der Waals surface area contributed by atoms with Gasteiger partial charge in [0, 0.05) is 49.6 Å². The van der Waals surface area contributed by atoms with E-state index in [1.807, 2.05) is 18.2 Å². The molecule has 136 valence electrons. The number of piperidine rings is 1. The molecule has 0 aromatic carbocycles. The Hall–Kier alpha value is -2.56. The molecule has 0 unspecified atom stereocenters. The van der Waals surface area contributed by atoms with Crippen LogP contribution in [0.5, 0.6) is 0 Å². The second kappa shape index (κ2) is 8.21. The molecule has 3 rings (SSSR count). The van der Waals surface area contributed by atoms with E-state index in [4.69, 9.17) is 0 Å². The molecule has 1 atom stereocenters. The number of carbonyl (C=O) groups excluding carboxylic acids is 2. The van der Waals surface area contributed by atoms with E-state index >= 15 is 0 Å². The second-order valence-electron chi connectivity index (χ2n) is 7.33. The van der Waals surface area contributed by atoms with E-state index in [0.29, 0.717) is 31.0 Å². The van der Waals surface area contributed by atoms with Gasteiger partial charge in [-0.1, -0.05) is 13.8 Å². The summed E-state index contributed by atoms with van der Waals surface area (Å²) >= 11 is 0. The molecule has 2 aromatic heterocycles. The van der Waals surface area contributed by atoms with Crippen LogP contribution in [0.15, 0.2) is 42.9 Å². The summed E-state index contributed by atoms with van der Waals surface area (Å²) in [4.78, 5) is 35.5. The molecule has 0 aliphatic carbocycles. The first kappa shape index (κ1) is 18.2. The molecular formula is C21H25N3O2. The summed E-state index contributed by atoms with van der Waals surface area (Å²) < 4.78 is 0. The van der Waals surface area contributed by atoms with Gasteiger partial charge in [0.25, 0.3) is 5.91 Å². The standard InChI is InChI=1S/C21H25N3O2/c1-15(2)11-20(25)18-6-4-10-24(14-18)21(26)17-7-8-19(23-13-17)16-5-3-9-22-12-16/h3,5,7-9,12-13,15,18H,4,6,10-11,14H2,1-2H3/t18-/m0/s1. The molecule has 0 radical (unpaired) electrons. The van der Waals surface area contributed by atoms with Gasteiger partial charge >= 0.3 is 0 Å². The van der Waals surface area contributed by atoms with Crippen molar-refractivity contribution >= 4 is 11.7 Å². The van der Waals surface area contributed by atoms with Crippen LogP contribution in [0.25, 0.3) is 11.3 Å². The van der Waals surface area contributed by atoms with Gasteiger partial charge in [-0.3, -0.25) is 19.6 Å². The highest BCUT2D eigenvalue weighted by Crippen LogP contribution is 2.22. The molecule has 0 N–H and O–H groups in total. The highest BCUT2D eigenvalue weighted by atomic mass is 16.2. The molecule has 5 heteroatoms. The molecule has 26 heavy (non-hydrogen) atoms. The lowest BCUT2D eigenvalue weighted by atomic mass is 9.89. The van der Waals surface area contributed by atoms with Gasteiger partial charge in [-0.05, 0) is 43.0 Å². The van der Waals surface area contributed by atoms with Gasteiger partial charge in [-0.2, -0.15) is 0 Å². The maximum absolute atomic E-state index is 12.8. The van der Waals surface area contributed by atoms with Crippen LogP contribution in [0.3, 0.4) is 0 Å². The number of pyridine rings is 2. The van der Waals surface area contributed by atoms with Gasteiger partial charge in [-0.25, -0.2) is 0 Å². The average Bonchev–Trinajstić information content (AvgIpc) is 2.68. The molecule has 5 nitrogen and oxygen atoms in total. The van der Waals surface area contributed by atoms with Crippen molar-refractivity contribution in [3.63, 3.8) is 0 Å². The third kappa shape index (κ3) is 4.34. The Morgan fingerprint density at radius 3 is 2.73 bits per heavy atom. The van der Waals surface area contributed by atoms with E-state index in [9.17, 15) is 9.59 Å². The van der Waals surface area contributed by atoms with Gasteiger partial charge in [0.05, 0.1) is 11.3 Å². The smallest absolute Gasteiger partial charge is 0.255 e. The minimum Gasteiger partial charge on any atom is -0.338 e.